The van der Waals surface area contributed by atoms with Crippen molar-refractivity contribution in [1.82, 2.24) is 5.32 Å². The first kappa shape index (κ1) is 20.1. The van der Waals surface area contributed by atoms with Crippen molar-refractivity contribution in [1.29, 1.82) is 0 Å². The molecule has 0 spiro atoms. The van der Waals surface area contributed by atoms with Gasteiger partial charge in [-0.25, -0.2) is 0 Å². The van der Waals surface area contributed by atoms with E-state index in [2.05, 4.69) is 19.2 Å². The Morgan fingerprint density at radius 1 is 1.35 bits per heavy atom. The van der Waals surface area contributed by atoms with E-state index in [1.807, 2.05) is 0 Å². The van der Waals surface area contributed by atoms with Crippen LogP contribution in [0.25, 0.3) is 6.08 Å². The number of hydrogen-bond acceptors (Lipinski definition) is 3. The van der Waals surface area contributed by atoms with Gasteiger partial charge in [-0.05, 0) is 48.8 Å². The van der Waals surface area contributed by atoms with Gasteiger partial charge in [0.25, 0.3) is 0 Å². The molecule has 0 unspecified atom stereocenters. The molecular formula is C18H24NNaO3. The zero-order valence-corrected chi connectivity index (χ0v) is 16.5. The van der Waals surface area contributed by atoms with Crippen LogP contribution < -0.4 is 44.7 Å². The van der Waals surface area contributed by atoms with Gasteiger partial charge in [0.15, 0.2) is 0 Å². The van der Waals surface area contributed by atoms with Crippen molar-refractivity contribution >= 4 is 12.0 Å². The molecular weight excluding hydrogens is 301 g/mol. The van der Waals surface area contributed by atoms with Crippen molar-refractivity contribution in [2.24, 2.45) is 5.41 Å². The molecule has 0 atom stereocenters. The minimum atomic E-state index is -0.158. The summed E-state index contributed by atoms with van der Waals surface area (Å²) in [5, 5.41) is 14.5. The normalized spacial score (nSPS) is 17.5. The second-order valence-corrected chi connectivity index (χ2v) is 6.69. The van der Waals surface area contributed by atoms with E-state index >= 15 is 0 Å². The van der Waals surface area contributed by atoms with Crippen molar-refractivity contribution in [3.8, 4) is 11.5 Å². The van der Waals surface area contributed by atoms with Crippen LogP contribution in [0.3, 0.4) is 0 Å². The molecule has 120 valence electrons. The Labute approximate surface area is 160 Å². The van der Waals surface area contributed by atoms with Gasteiger partial charge in [-0.15, -0.1) is 0 Å². The molecule has 23 heavy (non-hydrogen) atoms. The van der Waals surface area contributed by atoms with E-state index in [-0.39, 0.29) is 53.0 Å². The van der Waals surface area contributed by atoms with E-state index in [1.165, 1.54) is 19.3 Å². The zero-order valence-electron chi connectivity index (χ0n) is 14.5. The van der Waals surface area contributed by atoms with Gasteiger partial charge in [0.2, 0.25) is 5.91 Å². The Hall–Kier alpha value is -0.970. The van der Waals surface area contributed by atoms with Gasteiger partial charge in [-0.2, -0.15) is 0 Å². The van der Waals surface area contributed by atoms with Crippen LogP contribution in [0.2, 0.25) is 0 Å². The fraction of sp³-hybridized carbons (Fsp3) is 0.500. The van der Waals surface area contributed by atoms with Gasteiger partial charge < -0.3 is 15.2 Å². The molecule has 2 rings (SSSR count). The third-order valence-electron chi connectivity index (χ3n) is 4.30. The maximum absolute atomic E-state index is 12.0. The molecule has 4 nitrogen and oxygen atoms in total. The summed E-state index contributed by atoms with van der Waals surface area (Å²) in [6, 6.07) is 5.02. The first-order chi connectivity index (χ1) is 10.4. The van der Waals surface area contributed by atoms with Gasteiger partial charge in [0.05, 0.1) is 7.11 Å². The Bertz CT molecular complexity index is 559. The van der Waals surface area contributed by atoms with Crippen molar-refractivity contribution in [2.45, 2.75) is 45.6 Å². The Morgan fingerprint density at radius 2 is 2.00 bits per heavy atom. The van der Waals surface area contributed by atoms with Crippen LogP contribution >= 0.6 is 0 Å². The third kappa shape index (κ3) is 6.21. The first-order valence-electron chi connectivity index (χ1n) is 7.73. The van der Waals surface area contributed by atoms with E-state index in [4.69, 9.17) is 4.74 Å². The summed E-state index contributed by atoms with van der Waals surface area (Å²) in [4.78, 5) is 12.0. The predicted octanol–water partition coefficient (Wildman–Crippen LogP) is -0.129. The number of rotatable bonds is 4. The minimum absolute atomic E-state index is 0. The monoisotopic (exact) mass is 325 g/mol. The fourth-order valence-corrected chi connectivity index (χ4v) is 2.75. The van der Waals surface area contributed by atoms with Crippen LogP contribution in [-0.4, -0.2) is 19.1 Å². The maximum atomic E-state index is 12.0. The number of amides is 1. The average Bonchev–Trinajstić information content (AvgIpc) is 2.48. The van der Waals surface area contributed by atoms with Gasteiger partial charge in [-0.3, -0.25) is 4.79 Å². The van der Waals surface area contributed by atoms with Gasteiger partial charge in [0, 0.05) is 12.1 Å². The van der Waals surface area contributed by atoms with Gasteiger partial charge in [-0.1, -0.05) is 31.7 Å². The molecule has 1 aliphatic carbocycles. The van der Waals surface area contributed by atoms with Crippen LogP contribution in [0.15, 0.2) is 24.3 Å². The molecule has 0 aromatic heterocycles. The summed E-state index contributed by atoms with van der Waals surface area (Å²) in [7, 11) is 1.46. The van der Waals surface area contributed by atoms with Crippen molar-refractivity contribution < 1.29 is 44.2 Å². The molecule has 0 radical (unpaired) electrons. The number of nitrogens with one attached hydrogen (secondary N) is 1. The van der Waals surface area contributed by atoms with Crippen LogP contribution in [0.1, 0.15) is 45.1 Å². The molecule has 0 saturated heterocycles. The number of carbonyl (C=O) groups excluding carboxylic acids is 1. The van der Waals surface area contributed by atoms with Gasteiger partial charge in [0.1, 0.15) is 5.75 Å². The zero-order chi connectivity index (χ0) is 16.2. The van der Waals surface area contributed by atoms with E-state index in [0.717, 1.165) is 31.2 Å². The first-order valence-corrected chi connectivity index (χ1v) is 7.73. The summed E-state index contributed by atoms with van der Waals surface area (Å²) < 4.78 is 4.99. The Balaban J connectivity index is 0.00000264. The Morgan fingerprint density at radius 3 is 2.61 bits per heavy atom. The molecule has 1 saturated carbocycles. The van der Waals surface area contributed by atoms with E-state index < -0.39 is 0 Å². The smallest absolute Gasteiger partial charge is 0.870 e. The molecule has 0 bridgehead atoms. The Kier molecular flexibility index (Phi) is 7.65. The summed E-state index contributed by atoms with van der Waals surface area (Å²) >= 11 is 0. The van der Waals surface area contributed by atoms with Crippen LogP contribution in [0.5, 0.6) is 11.5 Å². The number of benzene rings is 1. The van der Waals surface area contributed by atoms with Crippen molar-refractivity contribution in [2.75, 3.05) is 7.11 Å². The second kappa shape index (κ2) is 8.76. The summed E-state index contributed by atoms with van der Waals surface area (Å²) in [5.41, 5.74) is 1.17. The summed E-state index contributed by atoms with van der Waals surface area (Å²) in [6.45, 7) is 4.55. The predicted molar refractivity (Wildman–Crippen MR) is 85.7 cm³/mol. The molecule has 0 heterocycles. The number of carbonyl (C=O) groups is 1. The number of hydrogen-bond donors (Lipinski definition) is 1. The molecule has 1 aromatic rings. The molecule has 0 aliphatic heterocycles. The molecule has 1 fully saturated rings. The van der Waals surface area contributed by atoms with Crippen molar-refractivity contribution in [3.05, 3.63) is 29.8 Å². The number of methoxy groups -OCH3 is 1. The van der Waals surface area contributed by atoms with Gasteiger partial charge >= 0.3 is 29.6 Å². The van der Waals surface area contributed by atoms with E-state index in [9.17, 15) is 9.90 Å². The summed E-state index contributed by atoms with van der Waals surface area (Å²) in [6.07, 6.45) is 7.56. The quantitative estimate of drug-likeness (QED) is 0.620. The van der Waals surface area contributed by atoms with Crippen molar-refractivity contribution in [3.63, 3.8) is 0 Å². The second-order valence-electron chi connectivity index (χ2n) is 6.69. The van der Waals surface area contributed by atoms with Crippen LogP contribution in [0.4, 0.5) is 0 Å². The maximum Gasteiger partial charge on any atom is 1.00 e. The third-order valence-corrected chi connectivity index (χ3v) is 4.30. The van der Waals surface area contributed by atoms with Crippen LogP contribution in [-0.2, 0) is 4.79 Å². The van der Waals surface area contributed by atoms with E-state index in [0.29, 0.717) is 5.41 Å². The average molecular weight is 325 g/mol. The molecule has 1 aromatic carbocycles. The molecule has 5 heteroatoms. The minimum Gasteiger partial charge on any atom is -0.870 e. The summed E-state index contributed by atoms with van der Waals surface area (Å²) in [5.74, 6) is 0.0425. The standard InChI is InChI=1S/C18H25NO3.Na/c1-18(2)10-8-14(9-11-18)19-17(21)7-5-13-4-6-15(20)16(12-13)22-3;/h4-7,12,14,20H,8-11H2,1-3H3,(H,19,21);/q;+1/p-1. The molecule has 1 N–H and O–H groups in total. The number of ether oxygens (including phenoxy) is 1. The largest absolute Gasteiger partial charge is 1.00 e. The fourth-order valence-electron chi connectivity index (χ4n) is 2.75. The molecule has 1 amide bonds. The van der Waals surface area contributed by atoms with Crippen LogP contribution in [0, 0.1) is 5.41 Å². The van der Waals surface area contributed by atoms with E-state index in [1.54, 1.807) is 18.2 Å². The topological polar surface area (TPSA) is 61.4 Å². The SMILES string of the molecule is COc1cc(C=CC(=O)NC2CCC(C)(C)CC2)ccc1[O-].[Na+]. The molecule has 1 aliphatic rings.